The van der Waals surface area contributed by atoms with Crippen LogP contribution in [0.1, 0.15) is 33.8 Å². The lowest BCUT2D eigenvalue weighted by atomic mass is 10.0. The normalized spacial score (nSPS) is 17.1. The SMILES string of the molecule is COc1ccc(OC)c(N2C(=S)NC(c3ccccn3)C2c2cccn2-c2cccc(C(=O)O)c2)c1. The number of anilines is 1. The molecule has 4 aromatic rings. The molecule has 0 saturated carbocycles. The van der Waals surface area contributed by atoms with Crippen LogP contribution in [0.3, 0.4) is 0 Å². The molecule has 2 unspecified atom stereocenters. The number of carbonyl (C=O) groups is 1. The summed E-state index contributed by atoms with van der Waals surface area (Å²) in [6.07, 6.45) is 3.66. The number of methoxy groups -OCH3 is 2. The molecule has 2 aromatic carbocycles. The zero-order valence-corrected chi connectivity index (χ0v) is 20.5. The maximum atomic E-state index is 11.6. The van der Waals surface area contributed by atoms with Crippen LogP contribution >= 0.6 is 12.2 Å². The summed E-state index contributed by atoms with van der Waals surface area (Å²) in [5.74, 6) is 0.319. The van der Waals surface area contributed by atoms with E-state index in [0.29, 0.717) is 16.6 Å². The lowest BCUT2D eigenvalue weighted by Gasteiger charge is -2.30. The Balaban J connectivity index is 1.70. The number of carboxylic acid groups (broad SMARTS) is 1. The lowest BCUT2D eigenvalue weighted by Crippen LogP contribution is -2.30. The van der Waals surface area contributed by atoms with E-state index in [4.69, 9.17) is 21.7 Å². The van der Waals surface area contributed by atoms with E-state index in [1.807, 2.05) is 70.3 Å². The van der Waals surface area contributed by atoms with E-state index in [9.17, 15) is 9.90 Å². The first-order chi connectivity index (χ1) is 17.5. The highest BCUT2D eigenvalue weighted by atomic mass is 32.1. The van der Waals surface area contributed by atoms with Crippen LogP contribution in [0, 0.1) is 0 Å². The first kappa shape index (κ1) is 23.4. The van der Waals surface area contributed by atoms with Crippen molar-refractivity contribution in [1.29, 1.82) is 0 Å². The Bertz CT molecular complexity index is 1420. The smallest absolute Gasteiger partial charge is 0.335 e. The van der Waals surface area contributed by atoms with Gasteiger partial charge in [0.15, 0.2) is 5.11 Å². The van der Waals surface area contributed by atoms with Crippen LogP contribution in [-0.2, 0) is 0 Å². The number of hydrogen-bond acceptors (Lipinski definition) is 5. The predicted octanol–water partition coefficient (Wildman–Crippen LogP) is 4.76. The van der Waals surface area contributed by atoms with Crippen molar-refractivity contribution < 1.29 is 19.4 Å². The van der Waals surface area contributed by atoms with Crippen LogP contribution in [0.25, 0.3) is 5.69 Å². The van der Waals surface area contributed by atoms with Crippen LogP contribution in [0.5, 0.6) is 11.5 Å². The summed E-state index contributed by atoms with van der Waals surface area (Å²) in [4.78, 5) is 18.2. The minimum Gasteiger partial charge on any atom is -0.497 e. The number of aromatic nitrogens is 2. The van der Waals surface area contributed by atoms with Gasteiger partial charge in [0.05, 0.1) is 37.2 Å². The third-order valence-electron chi connectivity index (χ3n) is 6.20. The molecule has 0 amide bonds. The van der Waals surface area contributed by atoms with Crippen molar-refractivity contribution in [2.45, 2.75) is 12.1 Å². The molecule has 0 bridgehead atoms. The summed E-state index contributed by atoms with van der Waals surface area (Å²) in [6, 6.07) is 21.5. The van der Waals surface area contributed by atoms with Crippen LogP contribution in [0.15, 0.2) is 85.2 Å². The van der Waals surface area contributed by atoms with E-state index in [2.05, 4.69) is 10.3 Å². The van der Waals surface area contributed by atoms with Gasteiger partial charge >= 0.3 is 5.97 Å². The number of benzene rings is 2. The second kappa shape index (κ2) is 9.71. The Morgan fingerprint density at radius 1 is 1.03 bits per heavy atom. The number of ether oxygens (including phenoxy) is 2. The van der Waals surface area contributed by atoms with Crippen molar-refractivity contribution in [2.75, 3.05) is 19.1 Å². The van der Waals surface area contributed by atoms with Crippen molar-refractivity contribution in [3.63, 3.8) is 0 Å². The molecule has 1 fully saturated rings. The van der Waals surface area contributed by atoms with Crippen molar-refractivity contribution in [1.82, 2.24) is 14.9 Å². The summed E-state index contributed by atoms with van der Waals surface area (Å²) >= 11 is 5.86. The van der Waals surface area contributed by atoms with Gasteiger partial charge in [-0.1, -0.05) is 12.1 Å². The molecule has 36 heavy (non-hydrogen) atoms. The van der Waals surface area contributed by atoms with Crippen LogP contribution in [0.4, 0.5) is 5.69 Å². The number of aromatic carboxylic acids is 1. The quantitative estimate of drug-likeness (QED) is 0.351. The summed E-state index contributed by atoms with van der Waals surface area (Å²) < 4.78 is 13.2. The maximum absolute atomic E-state index is 11.6. The molecule has 8 nitrogen and oxygen atoms in total. The summed E-state index contributed by atoms with van der Waals surface area (Å²) in [5.41, 5.74) is 3.39. The van der Waals surface area contributed by atoms with E-state index < -0.39 is 5.97 Å². The van der Waals surface area contributed by atoms with Gasteiger partial charge in [-0.2, -0.15) is 0 Å². The van der Waals surface area contributed by atoms with E-state index in [1.54, 1.807) is 38.6 Å². The van der Waals surface area contributed by atoms with E-state index in [0.717, 1.165) is 22.8 Å². The number of carboxylic acids is 1. The Labute approximate surface area is 213 Å². The Kier molecular flexibility index (Phi) is 6.30. The van der Waals surface area contributed by atoms with Gasteiger partial charge in [0.25, 0.3) is 0 Å². The van der Waals surface area contributed by atoms with Crippen molar-refractivity contribution in [2.24, 2.45) is 0 Å². The topological polar surface area (TPSA) is 88.9 Å². The van der Waals surface area contributed by atoms with E-state index in [1.165, 1.54) is 0 Å². The van der Waals surface area contributed by atoms with Crippen LogP contribution in [-0.4, -0.2) is 40.0 Å². The molecule has 0 spiro atoms. The van der Waals surface area contributed by atoms with Gasteiger partial charge in [-0.25, -0.2) is 4.79 Å². The standard InChI is InChI=1S/C27H24N4O4S/c1-34-19-11-12-23(35-2)22(16-19)31-25(24(29-27(31)36)20-9-3-4-13-28-20)21-10-6-14-30(21)18-8-5-7-17(15-18)26(32)33/h3-16,24-25H,1-2H3,(H,29,36)(H,32,33). The zero-order chi connectivity index (χ0) is 25.2. The van der Waals surface area contributed by atoms with Gasteiger partial charge < -0.3 is 29.4 Å². The van der Waals surface area contributed by atoms with E-state index >= 15 is 0 Å². The minimum atomic E-state index is -0.983. The highest BCUT2D eigenvalue weighted by Crippen LogP contribution is 2.46. The first-order valence-corrected chi connectivity index (χ1v) is 11.7. The van der Waals surface area contributed by atoms with Crippen LogP contribution in [0.2, 0.25) is 0 Å². The molecule has 3 heterocycles. The number of rotatable bonds is 7. The molecule has 2 atom stereocenters. The molecular weight excluding hydrogens is 476 g/mol. The van der Waals surface area contributed by atoms with Crippen molar-refractivity contribution in [3.8, 4) is 17.2 Å². The average Bonchev–Trinajstić information content (AvgIpc) is 3.53. The fourth-order valence-corrected chi connectivity index (χ4v) is 4.90. The molecule has 9 heteroatoms. The highest BCUT2D eigenvalue weighted by Gasteiger charge is 2.43. The largest absolute Gasteiger partial charge is 0.497 e. The Morgan fingerprint density at radius 2 is 1.89 bits per heavy atom. The number of thiocarbonyl (C=S) groups is 1. The van der Waals surface area contributed by atoms with Gasteiger partial charge in [-0.3, -0.25) is 4.98 Å². The molecule has 1 saturated heterocycles. The van der Waals surface area contributed by atoms with Gasteiger partial charge in [-0.05, 0) is 66.8 Å². The number of hydrogen-bond donors (Lipinski definition) is 2. The number of nitrogens with zero attached hydrogens (tertiary/aromatic N) is 3. The average molecular weight is 501 g/mol. The third-order valence-corrected chi connectivity index (χ3v) is 6.51. The minimum absolute atomic E-state index is 0.208. The molecule has 2 N–H and O–H groups in total. The Morgan fingerprint density at radius 3 is 2.61 bits per heavy atom. The van der Waals surface area contributed by atoms with Crippen LogP contribution < -0.4 is 19.7 Å². The van der Waals surface area contributed by atoms with Gasteiger partial charge in [0.2, 0.25) is 0 Å². The summed E-state index contributed by atoms with van der Waals surface area (Å²) in [5, 5.41) is 13.5. The first-order valence-electron chi connectivity index (χ1n) is 11.3. The molecular formula is C27H24N4O4S. The molecule has 0 radical (unpaired) electrons. The van der Waals surface area contributed by atoms with Crippen molar-refractivity contribution >= 4 is 29.0 Å². The predicted molar refractivity (Wildman–Crippen MR) is 140 cm³/mol. The molecule has 1 aliphatic rings. The van der Waals surface area contributed by atoms with Gasteiger partial charge in [0, 0.05) is 29.8 Å². The second-order valence-corrected chi connectivity index (χ2v) is 8.58. The third kappa shape index (κ3) is 4.14. The second-order valence-electron chi connectivity index (χ2n) is 8.19. The molecule has 1 aliphatic heterocycles. The fraction of sp³-hybridized carbons (Fsp3) is 0.148. The lowest BCUT2D eigenvalue weighted by molar-refractivity contribution is 0.0697. The molecule has 2 aromatic heterocycles. The number of pyridine rings is 1. The maximum Gasteiger partial charge on any atom is 0.335 e. The molecule has 182 valence electrons. The van der Waals surface area contributed by atoms with Crippen molar-refractivity contribution in [3.05, 3.63) is 102 Å². The summed E-state index contributed by atoms with van der Waals surface area (Å²) in [7, 11) is 3.23. The van der Waals surface area contributed by atoms with E-state index in [-0.39, 0.29) is 17.6 Å². The highest BCUT2D eigenvalue weighted by molar-refractivity contribution is 7.80. The zero-order valence-electron chi connectivity index (χ0n) is 19.7. The van der Waals surface area contributed by atoms with Gasteiger partial charge in [0.1, 0.15) is 17.5 Å². The number of nitrogens with one attached hydrogen (secondary N) is 1. The van der Waals surface area contributed by atoms with Gasteiger partial charge in [-0.15, -0.1) is 0 Å². The monoisotopic (exact) mass is 500 g/mol. The fourth-order valence-electron chi connectivity index (χ4n) is 4.56. The molecule has 5 rings (SSSR count). The Hall–Kier alpha value is -4.37. The molecule has 0 aliphatic carbocycles. The summed E-state index contributed by atoms with van der Waals surface area (Å²) in [6.45, 7) is 0.